The van der Waals surface area contributed by atoms with Crippen LogP contribution in [0.1, 0.15) is 5.82 Å². The maximum Gasteiger partial charge on any atom is 0.193 e. The second-order valence-corrected chi connectivity index (χ2v) is 6.32. The summed E-state index contributed by atoms with van der Waals surface area (Å²) in [5.41, 5.74) is 0.924. The Hall–Kier alpha value is -3.55. The van der Waals surface area contributed by atoms with Gasteiger partial charge in [-0.1, -0.05) is 18.2 Å². The van der Waals surface area contributed by atoms with Gasteiger partial charge in [0.2, 0.25) is 0 Å². The number of H-pyrrole nitrogens is 1. The van der Waals surface area contributed by atoms with Gasteiger partial charge in [0.1, 0.15) is 23.9 Å². The fraction of sp³-hybridized carbons (Fsp3) is 0.286. The smallest absolute Gasteiger partial charge is 0.193 e. The molecule has 0 aliphatic carbocycles. The Bertz CT molecular complexity index is 908. The molecule has 0 bridgehead atoms. The number of likely N-dealkylation sites (N-methyl/N-ethyl adjacent to an activating group) is 1. The molecule has 3 rings (SSSR count). The van der Waals surface area contributed by atoms with E-state index in [2.05, 4.69) is 25.5 Å². The van der Waals surface area contributed by atoms with Gasteiger partial charge in [-0.05, 0) is 36.4 Å². The van der Waals surface area contributed by atoms with Crippen LogP contribution in [-0.4, -0.2) is 60.4 Å². The third-order valence-corrected chi connectivity index (χ3v) is 4.31. The Balaban J connectivity index is 1.49. The van der Waals surface area contributed by atoms with E-state index in [0.29, 0.717) is 25.5 Å². The molecule has 29 heavy (non-hydrogen) atoms. The second-order valence-electron chi connectivity index (χ2n) is 6.32. The highest BCUT2D eigenvalue weighted by Gasteiger charge is 2.09. The van der Waals surface area contributed by atoms with Gasteiger partial charge in [-0.15, -0.1) is 0 Å². The molecule has 0 amide bonds. The molecule has 2 aromatic carbocycles. The van der Waals surface area contributed by atoms with Crippen LogP contribution < -0.4 is 14.8 Å². The summed E-state index contributed by atoms with van der Waals surface area (Å²) >= 11 is 0. The molecule has 1 aromatic heterocycles. The topological polar surface area (TPSA) is 87.7 Å². The van der Waals surface area contributed by atoms with Crippen LogP contribution in [0.15, 0.2) is 59.6 Å². The Morgan fingerprint density at radius 3 is 2.55 bits per heavy atom. The van der Waals surface area contributed by atoms with Crippen molar-refractivity contribution in [1.29, 1.82) is 0 Å². The van der Waals surface area contributed by atoms with Crippen LogP contribution >= 0.6 is 0 Å². The Morgan fingerprint density at radius 1 is 1.10 bits per heavy atom. The number of nitrogens with one attached hydrogen (secondary N) is 2. The molecule has 0 aliphatic rings. The lowest BCUT2D eigenvalue weighted by Gasteiger charge is -2.21. The molecule has 8 nitrogen and oxygen atoms in total. The minimum Gasteiger partial charge on any atom is -0.497 e. The predicted octanol–water partition coefficient (Wildman–Crippen LogP) is 2.57. The highest BCUT2D eigenvalue weighted by Crippen LogP contribution is 2.18. The summed E-state index contributed by atoms with van der Waals surface area (Å²) in [6.07, 6.45) is 0. The number of guanidine groups is 1. The molecule has 0 aliphatic heterocycles. The van der Waals surface area contributed by atoms with Gasteiger partial charge in [0.15, 0.2) is 11.8 Å². The zero-order chi connectivity index (χ0) is 20.5. The molecule has 0 atom stereocenters. The first kappa shape index (κ1) is 20.2. The molecule has 0 saturated heterocycles. The second kappa shape index (κ2) is 10.1. The van der Waals surface area contributed by atoms with Gasteiger partial charge >= 0.3 is 0 Å². The van der Waals surface area contributed by atoms with Gasteiger partial charge in [0.25, 0.3) is 0 Å². The maximum absolute atomic E-state index is 5.74. The highest BCUT2D eigenvalue weighted by molar-refractivity contribution is 5.79. The van der Waals surface area contributed by atoms with Crippen LogP contribution in [0.4, 0.5) is 0 Å². The summed E-state index contributed by atoms with van der Waals surface area (Å²) in [4.78, 5) is 10.9. The van der Waals surface area contributed by atoms with Gasteiger partial charge in [-0.25, -0.2) is 4.98 Å². The Kier molecular flexibility index (Phi) is 7.05. The Morgan fingerprint density at radius 2 is 1.86 bits per heavy atom. The fourth-order valence-corrected chi connectivity index (χ4v) is 2.71. The van der Waals surface area contributed by atoms with Crippen molar-refractivity contribution < 1.29 is 9.47 Å². The summed E-state index contributed by atoms with van der Waals surface area (Å²) in [5, 5.41) is 10.5. The van der Waals surface area contributed by atoms with Crippen molar-refractivity contribution in [2.24, 2.45) is 4.99 Å². The third-order valence-electron chi connectivity index (χ3n) is 4.31. The third kappa shape index (κ3) is 5.71. The average molecular weight is 394 g/mol. The molecule has 152 valence electrons. The van der Waals surface area contributed by atoms with E-state index in [-0.39, 0.29) is 0 Å². The summed E-state index contributed by atoms with van der Waals surface area (Å²) in [6, 6.07) is 17.4. The van der Waals surface area contributed by atoms with Crippen molar-refractivity contribution in [1.82, 2.24) is 25.4 Å². The van der Waals surface area contributed by atoms with E-state index in [1.807, 2.05) is 66.5 Å². The van der Waals surface area contributed by atoms with Crippen LogP contribution in [0.3, 0.4) is 0 Å². The van der Waals surface area contributed by atoms with E-state index in [4.69, 9.17) is 9.47 Å². The van der Waals surface area contributed by atoms with Crippen LogP contribution in [0.5, 0.6) is 11.5 Å². The van der Waals surface area contributed by atoms with E-state index in [0.717, 1.165) is 28.8 Å². The molecule has 0 radical (unpaired) electrons. The number of benzene rings is 2. The average Bonchev–Trinajstić information content (AvgIpc) is 3.24. The normalized spacial score (nSPS) is 11.2. The van der Waals surface area contributed by atoms with Crippen molar-refractivity contribution in [3.63, 3.8) is 0 Å². The number of aliphatic imine (C=N–C) groups is 1. The van der Waals surface area contributed by atoms with Gasteiger partial charge in [0.05, 0.1) is 20.2 Å². The number of aromatic nitrogens is 3. The van der Waals surface area contributed by atoms with Crippen LogP contribution in [-0.2, 0) is 6.54 Å². The molecule has 0 fully saturated rings. The Labute approximate surface area is 170 Å². The van der Waals surface area contributed by atoms with Crippen molar-refractivity contribution in [2.75, 3.05) is 34.4 Å². The van der Waals surface area contributed by atoms with E-state index in [1.54, 1.807) is 14.2 Å². The first-order valence-electron chi connectivity index (χ1n) is 9.35. The summed E-state index contributed by atoms with van der Waals surface area (Å²) in [5.74, 6) is 3.78. The zero-order valence-corrected chi connectivity index (χ0v) is 16.9. The number of nitrogens with zero attached hydrogens (tertiary/aromatic N) is 4. The number of hydrogen-bond acceptors (Lipinski definition) is 5. The van der Waals surface area contributed by atoms with Gasteiger partial charge < -0.3 is 19.7 Å². The zero-order valence-electron chi connectivity index (χ0n) is 16.9. The number of aromatic amines is 1. The van der Waals surface area contributed by atoms with E-state index in [1.165, 1.54) is 0 Å². The molecule has 0 saturated carbocycles. The summed E-state index contributed by atoms with van der Waals surface area (Å²) < 4.78 is 10.9. The SMILES string of the molecule is CN=C(NCc1nc(-c2ccc(OC)cc2)n[nH]1)N(C)CCOc1ccccc1. The molecule has 3 aromatic rings. The molecular weight excluding hydrogens is 368 g/mol. The van der Waals surface area contributed by atoms with Crippen molar-refractivity contribution >= 4 is 5.96 Å². The van der Waals surface area contributed by atoms with Crippen molar-refractivity contribution in [2.45, 2.75) is 6.54 Å². The number of rotatable bonds is 8. The minimum atomic E-state index is 0.486. The minimum absolute atomic E-state index is 0.486. The highest BCUT2D eigenvalue weighted by atomic mass is 16.5. The monoisotopic (exact) mass is 394 g/mol. The maximum atomic E-state index is 5.74. The number of para-hydroxylation sites is 1. The number of methoxy groups -OCH3 is 1. The predicted molar refractivity (Wildman–Crippen MR) is 113 cm³/mol. The lowest BCUT2D eigenvalue weighted by molar-refractivity contribution is 0.281. The first-order chi connectivity index (χ1) is 14.2. The number of hydrogen-bond donors (Lipinski definition) is 2. The molecule has 2 N–H and O–H groups in total. The van der Waals surface area contributed by atoms with Crippen LogP contribution in [0.25, 0.3) is 11.4 Å². The van der Waals surface area contributed by atoms with Gasteiger partial charge in [-0.2, -0.15) is 5.10 Å². The largest absolute Gasteiger partial charge is 0.497 e. The first-order valence-corrected chi connectivity index (χ1v) is 9.35. The summed E-state index contributed by atoms with van der Waals surface area (Å²) in [7, 11) is 5.36. The molecule has 0 unspecified atom stereocenters. The van der Waals surface area contributed by atoms with Crippen LogP contribution in [0.2, 0.25) is 0 Å². The lowest BCUT2D eigenvalue weighted by atomic mass is 10.2. The van der Waals surface area contributed by atoms with Crippen molar-refractivity contribution in [3.8, 4) is 22.9 Å². The summed E-state index contributed by atoms with van der Waals surface area (Å²) in [6.45, 7) is 1.74. The van der Waals surface area contributed by atoms with Gasteiger partial charge in [-0.3, -0.25) is 10.1 Å². The van der Waals surface area contributed by atoms with Crippen molar-refractivity contribution in [3.05, 3.63) is 60.4 Å². The number of ether oxygens (including phenoxy) is 2. The van der Waals surface area contributed by atoms with E-state index < -0.39 is 0 Å². The van der Waals surface area contributed by atoms with Gasteiger partial charge in [0, 0.05) is 19.7 Å². The standard InChI is InChI=1S/C21H26N6O2/c1-22-21(27(2)13-14-29-18-7-5-4-6-8-18)23-15-19-24-20(26-25-19)16-9-11-17(28-3)12-10-16/h4-12H,13-15H2,1-3H3,(H,22,23)(H,24,25,26). The molecule has 1 heterocycles. The van der Waals surface area contributed by atoms with E-state index >= 15 is 0 Å². The lowest BCUT2D eigenvalue weighted by Crippen LogP contribution is -2.40. The quantitative estimate of drug-likeness (QED) is 0.451. The fourth-order valence-electron chi connectivity index (χ4n) is 2.71. The van der Waals surface area contributed by atoms with Crippen LogP contribution in [0, 0.1) is 0 Å². The molecule has 8 heteroatoms. The van der Waals surface area contributed by atoms with E-state index in [9.17, 15) is 0 Å². The molecular formula is C21H26N6O2. The molecule has 0 spiro atoms.